The van der Waals surface area contributed by atoms with Crippen LogP contribution in [0.25, 0.3) is 0 Å². The zero-order chi connectivity index (χ0) is 19.5. The smallest absolute Gasteiger partial charge is 0.290 e. The molecule has 5 nitrogen and oxygen atoms in total. The molecule has 5 heteroatoms. The zero-order valence-corrected chi connectivity index (χ0v) is 17.1. The van der Waals surface area contributed by atoms with Crippen LogP contribution in [0.5, 0.6) is 0 Å². The van der Waals surface area contributed by atoms with Gasteiger partial charge in [0.05, 0.1) is 6.04 Å². The van der Waals surface area contributed by atoms with Gasteiger partial charge in [-0.05, 0) is 44.7 Å². The summed E-state index contributed by atoms with van der Waals surface area (Å²) in [7, 11) is 4.21. The van der Waals surface area contributed by atoms with Crippen molar-refractivity contribution in [1.29, 1.82) is 0 Å². The summed E-state index contributed by atoms with van der Waals surface area (Å²) in [5.41, 5.74) is 1.50. The summed E-state index contributed by atoms with van der Waals surface area (Å²) in [4.78, 5) is 23.0. The average Bonchev–Trinajstić information content (AvgIpc) is 3.23. The molecule has 2 aromatic rings. The van der Waals surface area contributed by atoms with Gasteiger partial charge in [-0.25, -0.2) is 4.98 Å². The van der Waals surface area contributed by atoms with Crippen LogP contribution in [-0.4, -0.2) is 56.5 Å². The molecule has 2 saturated heterocycles. The van der Waals surface area contributed by atoms with Gasteiger partial charge < -0.3 is 9.47 Å². The molecular weight excluding hydrogens is 348 g/mol. The van der Waals surface area contributed by atoms with Crippen LogP contribution in [0.15, 0.2) is 42.7 Å². The lowest BCUT2D eigenvalue weighted by atomic mass is 9.64. The summed E-state index contributed by atoms with van der Waals surface area (Å²) in [6.45, 7) is 2.43. The summed E-state index contributed by atoms with van der Waals surface area (Å²) in [6.07, 6.45) is 9.26. The zero-order valence-electron chi connectivity index (χ0n) is 17.1. The number of rotatable bonds is 3. The van der Waals surface area contributed by atoms with Crippen molar-refractivity contribution in [3.8, 4) is 0 Å². The number of nitrogens with zero attached hydrogens (tertiary/aromatic N) is 4. The molecule has 148 valence electrons. The lowest BCUT2D eigenvalue weighted by Crippen LogP contribution is -2.62. The van der Waals surface area contributed by atoms with E-state index < -0.39 is 0 Å². The minimum Gasteiger partial charge on any atom is -0.330 e. The molecule has 1 amide bonds. The number of imidazole rings is 1. The minimum atomic E-state index is 0.102. The van der Waals surface area contributed by atoms with Crippen LogP contribution in [-0.2, 0) is 13.5 Å². The maximum absolute atomic E-state index is 13.8. The Morgan fingerprint density at radius 1 is 1.18 bits per heavy atom. The average molecular weight is 379 g/mol. The van der Waals surface area contributed by atoms with Gasteiger partial charge in [0.1, 0.15) is 0 Å². The Labute approximate surface area is 167 Å². The molecule has 5 rings (SSSR count). The molecule has 1 aliphatic carbocycles. The van der Waals surface area contributed by atoms with E-state index in [0.717, 1.165) is 12.8 Å². The summed E-state index contributed by atoms with van der Waals surface area (Å²) in [6, 6.07) is 12.1. The number of aryl methyl sites for hydroxylation is 1. The van der Waals surface area contributed by atoms with Crippen LogP contribution < -0.4 is 0 Å². The van der Waals surface area contributed by atoms with E-state index in [1.165, 1.54) is 24.8 Å². The fraction of sp³-hybridized carbons (Fsp3) is 0.565. The number of piperidine rings is 1. The minimum absolute atomic E-state index is 0.102. The van der Waals surface area contributed by atoms with Crippen molar-refractivity contribution in [2.75, 3.05) is 7.05 Å². The van der Waals surface area contributed by atoms with Gasteiger partial charge in [-0.1, -0.05) is 37.3 Å². The SMILES string of the molecule is CN1[C@H]2CCC[C@H]3N(C(=O)c4nccn4C)[C@H](Cc4ccccc4)[C@@H]1C[C@@]23C. The Morgan fingerprint density at radius 2 is 1.93 bits per heavy atom. The number of hydrogen-bond donors (Lipinski definition) is 0. The monoisotopic (exact) mass is 378 g/mol. The van der Waals surface area contributed by atoms with E-state index in [9.17, 15) is 4.79 Å². The summed E-state index contributed by atoms with van der Waals surface area (Å²) in [5.74, 6) is 0.665. The maximum Gasteiger partial charge on any atom is 0.290 e. The summed E-state index contributed by atoms with van der Waals surface area (Å²) in [5, 5.41) is 0. The highest BCUT2D eigenvalue weighted by Crippen LogP contribution is 2.56. The first kappa shape index (κ1) is 17.9. The molecule has 0 N–H and O–H groups in total. The van der Waals surface area contributed by atoms with E-state index in [0.29, 0.717) is 23.9 Å². The second-order valence-corrected chi connectivity index (χ2v) is 9.24. The van der Waals surface area contributed by atoms with E-state index in [-0.39, 0.29) is 17.4 Å². The predicted octanol–water partition coefficient (Wildman–Crippen LogP) is 3.12. The van der Waals surface area contributed by atoms with Crippen molar-refractivity contribution in [1.82, 2.24) is 19.4 Å². The number of aromatic nitrogens is 2. The van der Waals surface area contributed by atoms with Crippen molar-refractivity contribution >= 4 is 5.91 Å². The number of fused-ring (bicyclic) bond motifs is 1. The first-order valence-electron chi connectivity index (χ1n) is 10.6. The van der Waals surface area contributed by atoms with Gasteiger partial charge in [-0.15, -0.1) is 0 Å². The highest BCUT2D eigenvalue weighted by atomic mass is 16.2. The van der Waals surface area contributed by atoms with Crippen LogP contribution in [0.1, 0.15) is 48.8 Å². The highest BCUT2D eigenvalue weighted by molar-refractivity contribution is 5.91. The van der Waals surface area contributed by atoms with Gasteiger partial charge in [0.25, 0.3) is 5.91 Å². The Kier molecular flexibility index (Phi) is 4.13. The fourth-order valence-electron chi connectivity index (χ4n) is 6.50. The molecule has 5 atom stereocenters. The molecule has 3 heterocycles. The van der Waals surface area contributed by atoms with E-state index >= 15 is 0 Å². The van der Waals surface area contributed by atoms with Gasteiger partial charge in [0.2, 0.25) is 0 Å². The second-order valence-electron chi connectivity index (χ2n) is 9.24. The third-order valence-electron chi connectivity index (χ3n) is 7.81. The molecule has 0 unspecified atom stereocenters. The predicted molar refractivity (Wildman–Crippen MR) is 109 cm³/mol. The molecule has 28 heavy (non-hydrogen) atoms. The molecule has 3 fully saturated rings. The van der Waals surface area contributed by atoms with E-state index in [1.54, 1.807) is 6.20 Å². The van der Waals surface area contributed by atoms with Crippen molar-refractivity contribution in [3.05, 3.63) is 54.1 Å². The molecule has 2 aliphatic heterocycles. The van der Waals surface area contributed by atoms with Crippen molar-refractivity contribution in [3.63, 3.8) is 0 Å². The third kappa shape index (κ3) is 2.48. The quantitative estimate of drug-likeness (QED) is 0.824. The van der Waals surface area contributed by atoms with Crippen LogP contribution in [0, 0.1) is 5.41 Å². The molecular formula is C23H30N4O. The van der Waals surface area contributed by atoms with Gasteiger partial charge in [0, 0.05) is 43.0 Å². The highest BCUT2D eigenvalue weighted by Gasteiger charge is 2.62. The van der Waals surface area contributed by atoms with Crippen LogP contribution in [0.4, 0.5) is 0 Å². The summed E-state index contributed by atoms with van der Waals surface area (Å²) < 4.78 is 1.87. The standard InChI is InChI=1S/C23H30N4O/c1-23-15-18-17(14-16-8-5-4-6-9-16)27(22(28)21-24-12-13-25(21)2)20(23)11-7-10-19(23)26(18)3/h4-6,8-9,12-13,17-20H,7,10-11,14-15H2,1-3H3/t17-,18+,19+,20-,23+/m1/s1. The van der Waals surface area contributed by atoms with Crippen molar-refractivity contribution in [2.24, 2.45) is 12.5 Å². The lowest BCUT2D eigenvalue weighted by molar-refractivity contribution is -0.0121. The van der Waals surface area contributed by atoms with Crippen LogP contribution >= 0.6 is 0 Å². The molecule has 3 aliphatic rings. The number of likely N-dealkylation sites (tertiary alicyclic amines) is 2. The Morgan fingerprint density at radius 3 is 2.64 bits per heavy atom. The molecule has 1 aromatic heterocycles. The normalized spacial score (nSPS) is 34.6. The van der Waals surface area contributed by atoms with Crippen molar-refractivity contribution in [2.45, 2.75) is 63.2 Å². The first-order chi connectivity index (χ1) is 13.5. The van der Waals surface area contributed by atoms with Gasteiger partial charge >= 0.3 is 0 Å². The second kappa shape index (κ2) is 6.45. The van der Waals surface area contributed by atoms with E-state index in [4.69, 9.17) is 0 Å². The number of carbonyl (C=O) groups excluding carboxylic acids is 1. The van der Waals surface area contributed by atoms with E-state index in [1.807, 2.05) is 17.8 Å². The third-order valence-corrected chi connectivity index (χ3v) is 7.81. The number of carbonyl (C=O) groups is 1. The molecule has 1 saturated carbocycles. The molecule has 0 radical (unpaired) electrons. The van der Waals surface area contributed by atoms with Crippen LogP contribution in [0.2, 0.25) is 0 Å². The molecule has 2 bridgehead atoms. The van der Waals surface area contributed by atoms with Gasteiger partial charge in [0.15, 0.2) is 5.82 Å². The fourth-order valence-corrected chi connectivity index (χ4v) is 6.50. The van der Waals surface area contributed by atoms with Gasteiger partial charge in [-0.2, -0.15) is 0 Å². The number of likely N-dealkylation sites (N-methyl/N-ethyl adjacent to an activating group) is 1. The van der Waals surface area contributed by atoms with Gasteiger partial charge in [-0.3, -0.25) is 9.69 Å². The topological polar surface area (TPSA) is 41.4 Å². The Bertz CT molecular complexity index is 878. The number of hydrogen-bond acceptors (Lipinski definition) is 3. The van der Waals surface area contributed by atoms with Crippen molar-refractivity contribution < 1.29 is 4.79 Å². The largest absolute Gasteiger partial charge is 0.330 e. The Hall–Kier alpha value is -2.14. The van der Waals surface area contributed by atoms with E-state index in [2.05, 4.69) is 59.1 Å². The van der Waals surface area contributed by atoms with Crippen LogP contribution in [0.3, 0.4) is 0 Å². The maximum atomic E-state index is 13.8. The number of benzene rings is 1. The molecule has 1 aromatic carbocycles. The lowest BCUT2D eigenvalue weighted by Gasteiger charge is -2.53. The first-order valence-corrected chi connectivity index (χ1v) is 10.6. The Balaban J connectivity index is 1.59. The molecule has 0 spiro atoms. The number of amides is 1. The summed E-state index contributed by atoms with van der Waals surface area (Å²) >= 11 is 0.